The van der Waals surface area contributed by atoms with Crippen LogP contribution >= 0.6 is 0 Å². The zero-order chi connectivity index (χ0) is 9.26. The van der Waals surface area contributed by atoms with Gasteiger partial charge >= 0.3 is 0 Å². The number of hydrogen-bond donors (Lipinski definition) is 1. The van der Waals surface area contributed by atoms with Crippen molar-refractivity contribution < 1.29 is 0 Å². The predicted octanol–water partition coefficient (Wildman–Crippen LogP) is 0.459. The van der Waals surface area contributed by atoms with Crippen LogP contribution in [0.15, 0.2) is 24.7 Å². The van der Waals surface area contributed by atoms with Crippen molar-refractivity contribution in [2.75, 3.05) is 5.73 Å². The minimum Gasteiger partial charge on any atom is -0.396 e. The van der Waals surface area contributed by atoms with Gasteiger partial charge in [0.05, 0.1) is 18.1 Å². The van der Waals surface area contributed by atoms with E-state index in [-0.39, 0.29) is 0 Å². The molecule has 0 unspecified atom stereocenters. The van der Waals surface area contributed by atoms with Crippen LogP contribution in [0.4, 0.5) is 5.69 Å². The van der Waals surface area contributed by atoms with E-state index in [1.165, 1.54) is 0 Å². The largest absolute Gasteiger partial charge is 0.396 e. The van der Waals surface area contributed by atoms with Crippen LogP contribution in [0.2, 0.25) is 0 Å². The van der Waals surface area contributed by atoms with Crippen molar-refractivity contribution in [2.45, 2.75) is 0 Å². The van der Waals surface area contributed by atoms with Gasteiger partial charge in [0, 0.05) is 13.2 Å². The average molecular weight is 175 g/mol. The fourth-order valence-corrected chi connectivity index (χ4v) is 1.06. The molecule has 5 heteroatoms. The van der Waals surface area contributed by atoms with Crippen molar-refractivity contribution in [2.24, 2.45) is 7.05 Å². The van der Waals surface area contributed by atoms with Crippen molar-refractivity contribution in [3.63, 3.8) is 0 Å². The molecule has 2 aromatic heterocycles. The Morgan fingerprint density at radius 1 is 1.31 bits per heavy atom. The molecule has 0 saturated carbocycles. The van der Waals surface area contributed by atoms with E-state index in [2.05, 4.69) is 15.1 Å². The van der Waals surface area contributed by atoms with Gasteiger partial charge in [-0.2, -0.15) is 5.10 Å². The molecule has 0 aliphatic rings. The Bertz CT molecular complexity index is 403. The van der Waals surface area contributed by atoms with Gasteiger partial charge in [0.15, 0.2) is 5.82 Å². The molecule has 0 radical (unpaired) electrons. The Balaban J connectivity index is 2.47. The lowest BCUT2D eigenvalue weighted by molar-refractivity contribution is 0.770. The second-order valence-corrected chi connectivity index (χ2v) is 2.68. The normalized spacial score (nSPS) is 10.2. The van der Waals surface area contributed by atoms with Gasteiger partial charge in [-0.3, -0.25) is 4.68 Å². The molecule has 2 N–H and O–H groups in total. The van der Waals surface area contributed by atoms with Gasteiger partial charge in [-0.1, -0.05) is 0 Å². The highest BCUT2D eigenvalue weighted by atomic mass is 15.3. The number of nitrogen functional groups attached to an aromatic ring is 1. The van der Waals surface area contributed by atoms with Crippen molar-refractivity contribution in [3.8, 4) is 11.5 Å². The third-order valence-electron chi connectivity index (χ3n) is 1.72. The Morgan fingerprint density at radius 2 is 2.00 bits per heavy atom. The highest BCUT2D eigenvalue weighted by Gasteiger charge is 2.03. The molecule has 66 valence electrons. The average Bonchev–Trinajstić information content (AvgIpc) is 2.53. The van der Waals surface area contributed by atoms with E-state index in [1.807, 2.05) is 13.1 Å². The van der Waals surface area contributed by atoms with Crippen LogP contribution in [0.1, 0.15) is 0 Å². The minimum absolute atomic E-state index is 0.561. The number of nitrogens with zero attached hydrogens (tertiary/aromatic N) is 4. The summed E-state index contributed by atoms with van der Waals surface area (Å²) in [5.74, 6) is 0.634. The van der Waals surface area contributed by atoms with E-state index in [4.69, 9.17) is 5.73 Å². The molecule has 2 rings (SSSR count). The minimum atomic E-state index is 0.561. The summed E-state index contributed by atoms with van der Waals surface area (Å²) in [6.07, 6.45) is 4.86. The lowest BCUT2D eigenvalue weighted by Crippen LogP contribution is -1.98. The molecule has 5 nitrogen and oxygen atoms in total. The fraction of sp³-hybridized carbons (Fsp3) is 0.125. The standard InChI is InChI=1S/C8H9N5/c1-13-7(2-3-12-13)8-10-4-6(9)5-11-8/h2-5H,9H2,1H3. The van der Waals surface area contributed by atoms with Crippen LogP contribution in [0.5, 0.6) is 0 Å². The maximum absolute atomic E-state index is 5.47. The monoisotopic (exact) mass is 175 g/mol. The van der Waals surface area contributed by atoms with Gasteiger partial charge < -0.3 is 5.73 Å². The molecule has 0 aliphatic heterocycles. The second-order valence-electron chi connectivity index (χ2n) is 2.68. The molecular weight excluding hydrogens is 166 g/mol. The van der Waals surface area contributed by atoms with Gasteiger partial charge in [0.2, 0.25) is 0 Å². The second kappa shape index (κ2) is 2.85. The summed E-state index contributed by atoms with van der Waals surface area (Å²) in [5.41, 5.74) is 6.91. The Kier molecular flexibility index (Phi) is 1.70. The molecule has 0 saturated heterocycles. The number of aryl methyl sites for hydroxylation is 1. The zero-order valence-electron chi connectivity index (χ0n) is 7.18. The summed E-state index contributed by atoms with van der Waals surface area (Å²) in [5, 5.41) is 4.02. The summed E-state index contributed by atoms with van der Waals surface area (Å²) in [7, 11) is 1.84. The van der Waals surface area contributed by atoms with E-state index in [0.717, 1.165) is 5.69 Å². The van der Waals surface area contributed by atoms with E-state index in [1.54, 1.807) is 23.3 Å². The quantitative estimate of drug-likeness (QED) is 0.683. The van der Waals surface area contributed by atoms with Gasteiger partial charge in [-0.05, 0) is 6.07 Å². The first-order chi connectivity index (χ1) is 6.27. The van der Waals surface area contributed by atoms with Crippen LogP contribution in [-0.4, -0.2) is 19.7 Å². The van der Waals surface area contributed by atoms with Crippen molar-refractivity contribution in [1.82, 2.24) is 19.7 Å². The van der Waals surface area contributed by atoms with E-state index < -0.39 is 0 Å². The smallest absolute Gasteiger partial charge is 0.177 e. The van der Waals surface area contributed by atoms with Gasteiger partial charge in [-0.15, -0.1) is 0 Å². The fourth-order valence-electron chi connectivity index (χ4n) is 1.06. The summed E-state index contributed by atoms with van der Waals surface area (Å²) in [4.78, 5) is 8.17. The number of hydrogen-bond acceptors (Lipinski definition) is 4. The molecular formula is C8H9N5. The number of nitrogens with two attached hydrogens (primary N) is 1. The van der Waals surface area contributed by atoms with E-state index in [0.29, 0.717) is 11.5 Å². The Labute approximate surface area is 75.2 Å². The Hall–Kier alpha value is -1.91. The predicted molar refractivity (Wildman–Crippen MR) is 48.6 cm³/mol. The SMILES string of the molecule is Cn1nccc1-c1ncc(N)cn1. The topological polar surface area (TPSA) is 69.6 Å². The van der Waals surface area contributed by atoms with Crippen LogP contribution in [0.3, 0.4) is 0 Å². The molecule has 0 bridgehead atoms. The number of aromatic nitrogens is 4. The first kappa shape index (κ1) is 7.72. The summed E-state index contributed by atoms with van der Waals surface area (Å²) >= 11 is 0. The van der Waals surface area contributed by atoms with E-state index in [9.17, 15) is 0 Å². The number of rotatable bonds is 1. The van der Waals surface area contributed by atoms with Crippen molar-refractivity contribution in [3.05, 3.63) is 24.7 Å². The van der Waals surface area contributed by atoms with Gasteiger partial charge in [0.1, 0.15) is 5.69 Å². The summed E-state index contributed by atoms with van der Waals surface area (Å²) in [6, 6.07) is 1.85. The Morgan fingerprint density at radius 3 is 2.54 bits per heavy atom. The van der Waals surface area contributed by atoms with Crippen LogP contribution in [-0.2, 0) is 7.05 Å². The maximum atomic E-state index is 5.47. The molecule has 2 aromatic rings. The maximum Gasteiger partial charge on any atom is 0.177 e. The van der Waals surface area contributed by atoms with Crippen LogP contribution in [0.25, 0.3) is 11.5 Å². The lowest BCUT2D eigenvalue weighted by atomic mass is 10.4. The van der Waals surface area contributed by atoms with Crippen molar-refractivity contribution in [1.29, 1.82) is 0 Å². The highest BCUT2D eigenvalue weighted by molar-refractivity contribution is 5.50. The molecule has 2 heterocycles. The first-order valence-corrected chi connectivity index (χ1v) is 3.83. The van der Waals surface area contributed by atoms with Crippen LogP contribution in [0, 0.1) is 0 Å². The van der Waals surface area contributed by atoms with Gasteiger partial charge in [-0.25, -0.2) is 9.97 Å². The summed E-state index contributed by atoms with van der Waals surface area (Å²) < 4.78 is 1.71. The molecule has 0 aliphatic carbocycles. The molecule has 0 fully saturated rings. The van der Waals surface area contributed by atoms with Crippen LogP contribution < -0.4 is 5.73 Å². The van der Waals surface area contributed by atoms with E-state index >= 15 is 0 Å². The molecule has 0 aromatic carbocycles. The third kappa shape index (κ3) is 1.35. The number of anilines is 1. The highest BCUT2D eigenvalue weighted by Crippen LogP contribution is 2.12. The van der Waals surface area contributed by atoms with Crippen molar-refractivity contribution >= 4 is 5.69 Å². The molecule has 13 heavy (non-hydrogen) atoms. The third-order valence-corrected chi connectivity index (χ3v) is 1.72. The first-order valence-electron chi connectivity index (χ1n) is 3.83. The van der Waals surface area contributed by atoms with Gasteiger partial charge in [0.25, 0.3) is 0 Å². The molecule has 0 atom stereocenters. The lowest BCUT2D eigenvalue weighted by Gasteiger charge is -1.99. The molecule has 0 spiro atoms. The summed E-state index contributed by atoms with van der Waals surface area (Å²) in [6.45, 7) is 0. The molecule has 0 amide bonds. The zero-order valence-corrected chi connectivity index (χ0v) is 7.18.